The van der Waals surface area contributed by atoms with E-state index in [-0.39, 0.29) is 0 Å². The molecule has 0 spiro atoms. The van der Waals surface area contributed by atoms with Crippen LogP contribution in [0.25, 0.3) is 11.1 Å². The molecule has 0 radical (unpaired) electrons. The lowest BCUT2D eigenvalue weighted by Gasteiger charge is -2.00. The van der Waals surface area contributed by atoms with Gasteiger partial charge in [-0.1, -0.05) is 12.1 Å². The fraction of sp³-hybridized carbons (Fsp3) is 0.0909. The van der Waals surface area contributed by atoms with Crippen LogP contribution in [0.5, 0.6) is 0 Å². The van der Waals surface area contributed by atoms with Gasteiger partial charge in [-0.3, -0.25) is 0 Å². The Morgan fingerprint density at radius 2 is 1.86 bits per heavy atom. The summed E-state index contributed by atoms with van der Waals surface area (Å²) in [6, 6.07) is 8.64. The predicted octanol–water partition coefficient (Wildman–Crippen LogP) is 4.90. The van der Waals surface area contributed by atoms with Gasteiger partial charge in [0.15, 0.2) is 0 Å². The normalized spacial score (nSPS) is 10.4. The molecule has 2 aromatic rings. The van der Waals surface area contributed by atoms with E-state index in [4.69, 9.17) is 0 Å². The molecule has 2 rings (SSSR count). The third kappa shape index (κ3) is 2.05. The Balaban J connectivity index is 2.39. The first-order chi connectivity index (χ1) is 6.81. The van der Waals surface area contributed by atoms with Crippen LogP contribution < -0.4 is 0 Å². The van der Waals surface area contributed by atoms with Crippen molar-refractivity contribution in [3.8, 4) is 11.1 Å². The summed E-state index contributed by atoms with van der Waals surface area (Å²) >= 11 is 7.03. The third-order valence-electron chi connectivity index (χ3n) is 2.02. The summed E-state index contributed by atoms with van der Waals surface area (Å²) in [5, 5.41) is 4.27. The van der Waals surface area contributed by atoms with E-state index in [1.54, 1.807) is 23.1 Å². The molecule has 0 aliphatic carbocycles. The van der Waals surface area contributed by atoms with Crippen LogP contribution in [0.1, 0.15) is 0 Å². The second-order valence-electron chi connectivity index (χ2n) is 2.86. The Hall–Kier alpha value is -0.250. The molecule has 0 bridgehead atoms. The van der Waals surface area contributed by atoms with E-state index >= 15 is 0 Å². The van der Waals surface area contributed by atoms with E-state index in [1.165, 1.54) is 20.5 Å². The molecule has 0 amide bonds. The molecule has 0 nitrogen and oxygen atoms in total. The van der Waals surface area contributed by atoms with Crippen molar-refractivity contribution in [3.63, 3.8) is 0 Å². The molecule has 1 heterocycles. The fourth-order valence-electron chi connectivity index (χ4n) is 1.26. The maximum Gasteiger partial charge on any atom is 0.0360 e. The molecule has 0 atom stereocenters. The monoisotopic (exact) mass is 284 g/mol. The standard InChI is InChI=1S/C11H9BrS2/c1-13-9-4-2-8(3-5-9)10-6-14-7-11(10)12/h2-7H,1H3. The van der Waals surface area contributed by atoms with Crippen molar-refractivity contribution in [1.29, 1.82) is 0 Å². The maximum atomic E-state index is 3.54. The van der Waals surface area contributed by atoms with Gasteiger partial charge in [0.2, 0.25) is 0 Å². The molecule has 0 saturated carbocycles. The van der Waals surface area contributed by atoms with Gasteiger partial charge in [0.05, 0.1) is 0 Å². The lowest BCUT2D eigenvalue weighted by atomic mass is 10.1. The summed E-state index contributed by atoms with van der Waals surface area (Å²) in [4.78, 5) is 1.31. The summed E-state index contributed by atoms with van der Waals surface area (Å²) in [6.45, 7) is 0. The first-order valence-electron chi connectivity index (χ1n) is 4.17. The minimum atomic E-state index is 1.18. The van der Waals surface area contributed by atoms with Crippen molar-refractivity contribution in [2.24, 2.45) is 0 Å². The van der Waals surface area contributed by atoms with Gasteiger partial charge in [-0.25, -0.2) is 0 Å². The molecule has 0 unspecified atom stereocenters. The van der Waals surface area contributed by atoms with E-state index in [1.807, 2.05) is 0 Å². The van der Waals surface area contributed by atoms with E-state index in [9.17, 15) is 0 Å². The Morgan fingerprint density at radius 1 is 1.14 bits per heavy atom. The van der Waals surface area contributed by atoms with Gasteiger partial charge >= 0.3 is 0 Å². The van der Waals surface area contributed by atoms with Gasteiger partial charge < -0.3 is 0 Å². The first-order valence-corrected chi connectivity index (χ1v) is 7.13. The second kappa shape index (κ2) is 4.51. The van der Waals surface area contributed by atoms with Gasteiger partial charge in [-0.2, -0.15) is 11.3 Å². The number of hydrogen-bond donors (Lipinski definition) is 0. The highest BCUT2D eigenvalue weighted by molar-refractivity contribution is 9.10. The number of thiophene rings is 1. The highest BCUT2D eigenvalue weighted by Crippen LogP contribution is 2.32. The van der Waals surface area contributed by atoms with Crippen LogP contribution in [0.3, 0.4) is 0 Å². The van der Waals surface area contributed by atoms with E-state index in [2.05, 4.69) is 57.2 Å². The fourth-order valence-corrected chi connectivity index (χ4v) is 3.20. The van der Waals surface area contributed by atoms with Gasteiger partial charge in [0, 0.05) is 20.3 Å². The van der Waals surface area contributed by atoms with Crippen molar-refractivity contribution in [2.45, 2.75) is 4.90 Å². The van der Waals surface area contributed by atoms with Crippen LogP contribution in [0, 0.1) is 0 Å². The molecule has 0 saturated heterocycles. The Kier molecular flexibility index (Phi) is 3.31. The molecule has 14 heavy (non-hydrogen) atoms. The van der Waals surface area contributed by atoms with Gasteiger partial charge in [0.1, 0.15) is 0 Å². The zero-order valence-electron chi connectivity index (χ0n) is 7.66. The lowest BCUT2D eigenvalue weighted by molar-refractivity contribution is 1.46. The van der Waals surface area contributed by atoms with Crippen LogP contribution in [-0.4, -0.2) is 6.26 Å². The number of thioether (sulfide) groups is 1. The summed E-state index contributed by atoms with van der Waals surface area (Å²) in [7, 11) is 0. The second-order valence-corrected chi connectivity index (χ2v) is 5.34. The molecule has 3 heteroatoms. The molecule has 0 N–H and O–H groups in total. The van der Waals surface area contributed by atoms with Crippen LogP contribution in [-0.2, 0) is 0 Å². The molecule has 72 valence electrons. The molecule has 0 aliphatic heterocycles. The van der Waals surface area contributed by atoms with Crippen LogP contribution in [0.4, 0.5) is 0 Å². The van der Waals surface area contributed by atoms with Crippen molar-refractivity contribution in [2.75, 3.05) is 6.26 Å². The first kappa shape index (κ1) is 10.3. The summed E-state index contributed by atoms with van der Waals surface area (Å²) in [6.07, 6.45) is 2.09. The SMILES string of the molecule is CSc1ccc(-c2cscc2Br)cc1. The number of benzene rings is 1. The Morgan fingerprint density at radius 3 is 2.36 bits per heavy atom. The number of halogens is 1. The number of rotatable bonds is 2. The summed E-state index contributed by atoms with van der Waals surface area (Å²) < 4.78 is 1.18. The molecule has 1 aromatic heterocycles. The van der Waals surface area contributed by atoms with Crippen molar-refractivity contribution in [3.05, 3.63) is 39.5 Å². The van der Waals surface area contributed by atoms with Crippen molar-refractivity contribution in [1.82, 2.24) is 0 Å². The van der Waals surface area contributed by atoms with Gasteiger partial charge in [0.25, 0.3) is 0 Å². The Bertz CT molecular complexity index is 417. The summed E-state index contributed by atoms with van der Waals surface area (Å²) in [5.74, 6) is 0. The van der Waals surface area contributed by atoms with Crippen LogP contribution >= 0.6 is 39.0 Å². The van der Waals surface area contributed by atoms with E-state index in [0.29, 0.717) is 0 Å². The molecular weight excluding hydrogens is 276 g/mol. The van der Waals surface area contributed by atoms with Gasteiger partial charge in [-0.05, 0) is 45.3 Å². The van der Waals surface area contributed by atoms with Crippen molar-refractivity contribution < 1.29 is 0 Å². The molecular formula is C11H9BrS2. The topological polar surface area (TPSA) is 0 Å². The van der Waals surface area contributed by atoms with E-state index < -0.39 is 0 Å². The zero-order valence-corrected chi connectivity index (χ0v) is 10.9. The molecule has 0 fully saturated rings. The predicted molar refractivity (Wildman–Crippen MR) is 69.2 cm³/mol. The smallest absolute Gasteiger partial charge is 0.0360 e. The Labute approximate surface area is 100 Å². The minimum absolute atomic E-state index is 1.18. The quantitative estimate of drug-likeness (QED) is 0.707. The molecule has 0 aliphatic rings. The largest absolute Gasteiger partial charge is 0.151 e. The maximum absolute atomic E-state index is 3.54. The third-order valence-corrected chi connectivity index (χ3v) is 4.46. The minimum Gasteiger partial charge on any atom is -0.151 e. The zero-order chi connectivity index (χ0) is 9.97. The average Bonchev–Trinajstić information content (AvgIpc) is 2.65. The lowest BCUT2D eigenvalue weighted by Crippen LogP contribution is -1.75. The van der Waals surface area contributed by atoms with Crippen molar-refractivity contribution >= 4 is 39.0 Å². The van der Waals surface area contributed by atoms with Crippen LogP contribution in [0.2, 0.25) is 0 Å². The highest BCUT2D eigenvalue weighted by Gasteiger charge is 2.03. The van der Waals surface area contributed by atoms with Gasteiger partial charge in [-0.15, -0.1) is 11.8 Å². The number of hydrogen-bond acceptors (Lipinski definition) is 2. The molecule has 1 aromatic carbocycles. The van der Waals surface area contributed by atoms with E-state index in [0.717, 1.165) is 0 Å². The highest BCUT2D eigenvalue weighted by atomic mass is 79.9. The van der Waals surface area contributed by atoms with Crippen LogP contribution in [0.15, 0.2) is 44.4 Å². The summed E-state index contributed by atoms with van der Waals surface area (Å²) in [5.41, 5.74) is 2.55. The average molecular weight is 285 g/mol.